The van der Waals surface area contributed by atoms with Crippen molar-refractivity contribution in [3.05, 3.63) is 42.1 Å². The highest BCUT2D eigenvalue weighted by atomic mass is 16.1. The van der Waals surface area contributed by atoms with Crippen LogP contribution in [-0.2, 0) is 11.2 Å². The van der Waals surface area contributed by atoms with Gasteiger partial charge in [0.05, 0.1) is 5.69 Å². The summed E-state index contributed by atoms with van der Waals surface area (Å²) in [7, 11) is 2.00. The van der Waals surface area contributed by atoms with Crippen molar-refractivity contribution in [2.75, 3.05) is 11.9 Å². The first-order valence-electron chi connectivity index (χ1n) is 8.29. The normalized spacial score (nSPS) is 12.1. The third-order valence-corrected chi connectivity index (χ3v) is 3.97. The lowest BCUT2D eigenvalue weighted by Gasteiger charge is -2.21. The topological polar surface area (TPSA) is 58.1 Å². The van der Waals surface area contributed by atoms with Gasteiger partial charge in [0.25, 0.3) is 0 Å². The number of anilines is 1. The molecule has 5 nitrogen and oxygen atoms in total. The first-order chi connectivity index (χ1) is 11.4. The molecule has 0 saturated heterocycles. The SMILES string of the molecule is CC(=O)NC(C)Cc1ccc(-c2ccnc(N(C)C(C)C)n2)cc1. The fraction of sp³-hybridized carbons (Fsp3) is 0.421. The molecule has 0 aliphatic carbocycles. The minimum Gasteiger partial charge on any atom is -0.354 e. The van der Waals surface area contributed by atoms with Gasteiger partial charge in [0.15, 0.2) is 0 Å². The van der Waals surface area contributed by atoms with Gasteiger partial charge in [-0.1, -0.05) is 24.3 Å². The Hall–Kier alpha value is -2.43. The highest BCUT2D eigenvalue weighted by molar-refractivity contribution is 5.73. The number of aromatic nitrogens is 2. The van der Waals surface area contributed by atoms with Gasteiger partial charge in [-0.05, 0) is 38.8 Å². The molecule has 1 aromatic heterocycles. The number of amides is 1. The van der Waals surface area contributed by atoms with Crippen LogP contribution in [0.5, 0.6) is 0 Å². The first kappa shape index (κ1) is 17.9. The fourth-order valence-corrected chi connectivity index (χ4v) is 2.47. The summed E-state index contributed by atoms with van der Waals surface area (Å²) in [6.07, 6.45) is 2.61. The minimum absolute atomic E-state index is 0.00177. The Morgan fingerprint density at radius 2 is 1.83 bits per heavy atom. The van der Waals surface area contributed by atoms with Gasteiger partial charge < -0.3 is 10.2 Å². The van der Waals surface area contributed by atoms with Crippen LogP contribution in [0.3, 0.4) is 0 Å². The molecular weight excluding hydrogens is 300 g/mol. The molecule has 128 valence electrons. The van der Waals surface area contributed by atoms with Crippen LogP contribution >= 0.6 is 0 Å². The molecule has 0 radical (unpaired) electrons. The summed E-state index contributed by atoms with van der Waals surface area (Å²) in [5.41, 5.74) is 3.16. The summed E-state index contributed by atoms with van der Waals surface area (Å²) in [5, 5.41) is 2.90. The van der Waals surface area contributed by atoms with E-state index in [0.717, 1.165) is 23.6 Å². The molecule has 0 aliphatic heterocycles. The van der Waals surface area contributed by atoms with Gasteiger partial charge >= 0.3 is 0 Å². The zero-order chi connectivity index (χ0) is 17.7. The molecule has 1 aromatic carbocycles. The second-order valence-corrected chi connectivity index (χ2v) is 6.45. The van der Waals surface area contributed by atoms with Crippen LogP contribution in [0.2, 0.25) is 0 Å². The van der Waals surface area contributed by atoms with Crippen LogP contribution in [0.4, 0.5) is 5.95 Å². The summed E-state index contributed by atoms with van der Waals surface area (Å²) in [6.45, 7) is 7.77. The lowest BCUT2D eigenvalue weighted by atomic mass is 10.0. The van der Waals surface area contributed by atoms with Crippen molar-refractivity contribution >= 4 is 11.9 Å². The zero-order valence-corrected chi connectivity index (χ0v) is 15.1. The van der Waals surface area contributed by atoms with Crippen molar-refractivity contribution in [1.29, 1.82) is 0 Å². The van der Waals surface area contributed by atoms with Crippen LogP contribution in [0.15, 0.2) is 36.5 Å². The van der Waals surface area contributed by atoms with E-state index in [4.69, 9.17) is 0 Å². The molecule has 5 heteroatoms. The van der Waals surface area contributed by atoms with Crippen LogP contribution in [0.25, 0.3) is 11.3 Å². The van der Waals surface area contributed by atoms with E-state index in [9.17, 15) is 4.79 Å². The van der Waals surface area contributed by atoms with Crippen molar-refractivity contribution in [3.8, 4) is 11.3 Å². The molecule has 1 amide bonds. The predicted octanol–water partition coefficient (Wildman–Crippen LogP) is 3.06. The maximum Gasteiger partial charge on any atom is 0.225 e. The second kappa shape index (κ2) is 7.90. The van der Waals surface area contributed by atoms with Gasteiger partial charge in [0, 0.05) is 37.8 Å². The Morgan fingerprint density at radius 3 is 2.42 bits per heavy atom. The molecule has 0 saturated carbocycles. The molecule has 0 spiro atoms. The molecule has 0 aliphatic rings. The van der Waals surface area contributed by atoms with Gasteiger partial charge in [-0.2, -0.15) is 0 Å². The molecule has 2 rings (SSSR count). The molecule has 0 bridgehead atoms. The maximum atomic E-state index is 11.1. The van der Waals surface area contributed by atoms with E-state index >= 15 is 0 Å². The summed E-state index contributed by atoms with van der Waals surface area (Å²) in [4.78, 5) is 22.1. The molecule has 0 fully saturated rings. The monoisotopic (exact) mass is 326 g/mol. The Labute approximate surface area is 144 Å². The zero-order valence-electron chi connectivity index (χ0n) is 15.1. The van der Waals surface area contributed by atoms with Crippen molar-refractivity contribution < 1.29 is 4.79 Å². The van der Waals surface area contributed by atoms with E-state index in [1.807, 2.05) is 24.9 Å². The van der Waals surface area contributed by atoms with E-state index in [1.54, 1.807) is 13.1 Å². The Kier molecular flexibility index (Phi) is 5.90. The molecule has 1 unspecified atom stereocenters. The summed E-state index contributed by atoms with van der Waals surface area (Å²) < 4.78 is 0. The molecule has 24 heavy (non-hydrogen) atoms. The summed E-state index contributed by atoms with van der Waals surface area (Å²) >= 11 is 0. The second-order valence-electron chi connectivity index (χ2n) is 6.45. The molecule has 1 N–H and O–H groups in total. The van der Waals surface area contributed by atoms with Crippen LogP contribution in [0.1, 0.15) is 33.3 Å². The lowest BCUT2D eigenvalue weighted by molar-refractivity contribution is -0.119. The third kappa shape index (κ3) is 4.78. The van der Waals surface area contributed by atoms with Crippen molar-refractivity contribution in [2.45, 2.75) is 46.2 Å². The van der Waals surface area contributed by atoms with E-state index in [2.05, 4.69) is 53.4 Å². The standard InChI is InChI=1S/C19H26N4O/c1-13(2)23(5)19-20-11-10-18(22-19)17-8-6-16(7-9-17)12-14(3)21-15(4)24/h6-11,13-14H,12H2,1-5H3,(H,21,24). The van der Waals surface area contributed by atoms with Crippen molar-refractivity contribution in [2.24, 2.45) is 0 Å². The smallest absolute Gasteiger partial charge is 0.225 e. The Morgan fingerprint density at radius 1 is 1.17 bits per heavy atom. The molecular formula is C19H26N4O. The van der Waals surface area contributed by atoms with Gasteiger partial charge in [0.2, 0.25) is 11.9 Å². The number of nitrogens with zero attached hydrogens (tertiary/aromatic N) is 3. The van der Waals surface area contributed by atoms with E-state index in [1.165, 1.54) is 5.56 Å². The number of rotatable bonds is 6. The highest BCUT2D eigenvalue weighted by Gasteiger charge is 2.10. The van der Waals surface area contributed by atoms with Crippen molar-refractivity contribution in [3.63, 3.8) is 0 Å². The number of hydrogen-bond acceptors (Lipinski definition) is 4. The van der Waals surface area contributed by atoms with Gasteiger partial charge in [-0.15, -0.1) is 0 Å². The van der Waals surface area contributed by atoms with Gasteiger partial charge in [-0.3, -0.25) is 4.79 Å². The first-order valence-corrected chi connectivity index (χ1v) is 8.29. The van der Waals surface area contributed by atoms with E-state index in [0.29, 0.717) is 6.04 Å². The Bertz CT molecular complexity index is 682. The maximum absolute atomic E-state index is 11.1. The lowest BCUT2D eigenvalue weighted by Crippen LogP contribution is -2.31. The quantitative estimate of drug-likeness (QED) is 0.886. The minimum atomic E-state index is 0.00177. The molecule has 2 aromatic rings. The number of benzene rings is 1. The van der Waals surface area contributed by atoms with Crippen LogP contribution < -0.4 is 10.2 Å². The molecule has 1 atom stereocenters. The predicted molar refractivity (Wildman–Crippen MR) is 98.0 cm³/mol. The average molecular weight is 326 g/mol. The summed E-state index contributed by atoms with van der Waals surface area (Å²) in [5.74, 6) is 0.729. The van der Waals surface area contributed by atoms with Crippen LogP contribution in [0, 0.1) is 0 Å². The number of nitrogens with one attached hydrogen (secondary N) is 1. The number of carbonyl (C=O) groups is 1. The molecule has 1 heterocycles. The van der Waals surface area contributed by atoms with Crippen LogP contribution in [-0.4, -0.2) is 35.0 Å². The van der Waals surface area contributed by atoms with Gasteiger partial charge in [-0.25, -0.2) is 9.97 Å². The fourth-order valence-electron chi connectivity index (χ4n) is 2.47. The Balaban J connectivity index is 2.13. The average Bonchev–Trinajstić information content (AvgIpc) is 2.54. The largest absolute Gasteiger partial charge is 0.354 e. The van der Waals surface area contributed by atoms with Gasteiger partial charge in [0.1, 0.15) is 0 Å². The number of carbonyl (C=O) groups excluding carboxylic acids is 1. The third-order valence-electron chi connectivity index (χ3n) is 3.97. The highest BCUT2D eigenvalue weighted by Crippen LogP contribution is 2.20. The number of hydrogen-bond donors (Lipinski definition) is 1. The van der Waals surface area contributed by atoms with E-state index < -0.39 is 0 Å². The summed E-state index contributed by atoms with van der Waals surface area (Å²) in [6, 6.07) is 10.7. The van der Waals surface area contributed by atoms with E-state index in [-0.39, 0.29) is 11.9 Å². The van der Waals surface area contributed by atoms with Crippen molar-refractivity contribution in [1.82, 2.24) is 15.3 Å².